The molecule has 1 heterocycles. The van der Waals surface area contributed by atoms with Gasteiger partial charge in [0.1, 0.15) is 10.4 Å². The zero-order valence-electron chi connectivity index (χ0n) is 17.4. The number of amides is 1. The molecule has 1 N–H and O–H groups in total. The Kier molecular flexibility index (Phi) is 7.06. The van der Waals surface area contributed by atoms with Crippen molar-refractivity contribution in [1.29, 1.82) is 5.26 Å². The number of halogens is 1. The fourth-order valence-corrected chi connectivity index (χ4v) is 4.17. The highest BCUT2D eigenvalue weighted by Crippen LogP contribution is 2.23. The second-order valence-corrected chi connectivity index (χ2v) is 10.4. The molecule has 7 nitrogen and oxygen atoms in total. The number of alkyl halides is 1. The minimum Gasteiger partial charge on any atom is -0.345 e. The van der Waals surface area contributed by atoms with Gasteiger partial charge >= 0.3 is 0 Å². The van der Waals surface area contributed by atoms with E-state index in [0.717, 1.165) is 11.8 Å². The van der Waals surface area contributed by atoms with E-state index >= 15 is 0 Å². The van der Waals surface area contributed by atoms with Crippen molar-refractivity contribution in [2.75, 3.05) is 6.26 Å². The van der Waals surface area contributed by atoms with Crippen LogP contribution in [0, 0.1) is 11.3 Å². The third-order valence-corrected chi connectivity index (χ3v) is 7.25. The van der Waals surface area contributed by atoms with Crippen LogP contribution in [-0.2, 0) is 25.8 Å². The fraction of sp³-hybridized carbons (Fsp3) is 0.217. The van der Waals surface area contributed by atoms with Crippen LogP contribution in [0.5, 0.6) is 0 Å². The van der Waals surface area contributed by atoms with E-state index in [4.69, 9.17) is 5.26 Å². The largest absolute Gasteiger partial charge is 0.345 e. The van der Waals surface area contributed by atoms with Crippen molar-refractivity contribution in [2.24, 2.45) is 4.99 Å². The molecule has 1 aliphatic heterocycles. The van der Waals surface area contributed by atoms with E-state index in [1.165, 1.54) is 18.3 Å². The van der Waals surface area contributed by atoms with E-state index in [-0.39, 0.29) is 16.3 Å². The number of hydrogen-bond acceptors (Lipinski definition) is 6. The van der Waals surface area contributed by atoms with Crippen LogP contribution in [-0.4, -0.2) is 36.9 Å². The molecular weight excluding hydrogens is 494 g/mol. The summed E-state index contributed by atoms with van der Waals surface area (Å²) in [7, 11) is -3.36. The van der Waals surface area contributed by atoms with Gasteiger partial charge in [-0.25, -0.2) is 8.42 Å². The zero-order chi connectivity index (χ0) is 23.5. The number of sulfone groups is 1. The van der Waals surface area contributed by atoms with Crippen LogP contribution >= 0.6 is 15.9 Å². The monoisotopic (exact) mass is 513 g/mol. The number of Topliss-reactive ketones (excluding diaryl/α,β-unsaturated/α-hetero) is 1. The molecule has 0 saturated heterocycles. The SMILES string of the molecule is CC1=NC=C(C(=O)NC(Cc2ccc(C#N)cc2)c2ccc(S(C)(=O)=O)cc2)C(=O)C1Br. The zero-order valence-corrected chi connectivity index (χ0v) is 19.8. The van der Waals surface area contributed by atoms with Crippen molar-refractivity contribution in [3.63, 3.8) is 0 Å². The summed E-state index contributed by atoms with van der Waals surface area (Å²) in [6, 6.07) is 14.7. The Balaban J connectivity index is 1.92. The van der Waals surface area contributed by atoms with Gasteiger partial charge in [-0.1, -0.05) is 40.2 Å². The first-order chi connectivity index (χ1) is 15.1. The molecule has 0 aromatic heterocycles. The lowest BCUT2D eigenvalue weighted by atomic mass is 9.97. The molecule has 2 atom stereocenters. The maximum Gasteiger partial charge on any atom is 0.257 e. The molecule has 1 aliphatic rings. The van der Waals surface area contributed by atoms with Crippen LogP contribution in [0.15, 0.2) is 70.2 Å². The van der Waals surface area contributed by atoms with Crippen LogP contribution < -0.4 is 5.32 Å². The molecule has 32 heavy (non-hydrogen) atoms. The van der Waals surface area contributed by atoms with Crippen LogP contribution in [0.1, 0.15) is 29.7 Å². The van der Waals surface area contributed by atoms with Crippen molar-refractivity contribution < 1.29 is 18.0 Å². The molecule has 2 aromatic rings. The number of ketones is 1. The topological polar surface area (TPSA) is 116 Å². The first-order valence-corrected chi connectivity index (χ1v) is 12.4. The van der Waals surface area contributed by atoms with Gasteiger partial charge in [-0.15, -0.1) is 0 Å². The number of rotatable bonds is 6. The summed E-state index contributed by atoms with van der Waals surface area (Å²) >= 11 is 3.25. The minimum atomic E-state index is -3.36. The Labute approximate surface area is 194 Å². The predicted octanol–water partition coefficient (Wildman–Crippen LogP) is 3.05. The molecule has 0 radical (unpaired) electrons. The number of nitrogens with zero attached hydrogens (tertiary/aromatic N) is 2. The Morgan fingerprint density at radius 2 is 1.81 bits per heavy atom. The van der Waals surface area contributed by atoms with Gasteiger partial charge in [0, 0.05) is 18.2 Å². The van der Waals surface area contributed by atoms with Crippen molar-refractivity contribution in [2.45, 2.75) is 29.1 Å². The van der Waals surface area contributed by atoms with Gasteiger partial charge in [0.2, 0.25) is 0 Å². The molecule has 0 aliphatic carbocycles. The van der Waals surface area contributed by atoms with Gasteiger partial charge in [0.25, 0.3) is 5.91 Å². The second kappa shape index (κ2) is 9.59. The molecule has 164 valence electrons. The van der Waals surface area contributed by atoms with Crippen LogP contribution in [0.4, 0.5) is 0 Å². The molecule has 0 spiro atoms. The van der Waals surface area contributed by atoms with E-state index < -0.39 is 26.6 Å². The molecule has 0 fully saturated rings. The van der Waals surface area contributed by atoms with Crippen LogP contribution in [0.2, 0.25) is 0 Å². The standard InChI is InChI=1S/C23H20BrN3O4S/c1-14-21(24)22(28)19(13-26-14)23(29)27-20(11-15-3-5-16(12-25)6-4-15)17-7-9-18(10-8-17)32(2,30)31/h3-10,13,20-21H,11H2,1-2H3,(H,27,29). The van der Waals surface area contributed by atoms with Gasteiger partial charge in [0.05, 0.1) is 22.6 Å². The smallest absolute Gasteiger partial charge is 0.257 e. The maximum atomic E-state index is 12.9. The van der Waals surface area contributed by atoms with Crippen molar-refractivity contribution in [3.05, 3.63) is 77.0 Å². The Bertz CT molecular complexity index is 1260. The van der Waals surface area contributed by atoms with E-state index in [0.29, 0.717) is 23.3 Å². The van der Waals surface area contributed by atoms with E-state index in [1.807, 2.05) is 0 Å². The number of carbonyl (C=O) groups is 2. The maximum absolute atomic E-state index is 12.9. The molecule has 2 unspecified atom stereocenters. The Hall–Kier alpha value is -3.09. The third-order valence-electron chi connectivity index (χ3n) is 5.04. The molecule has 3 rings (SSSR count). The number of hydrogen-bond donors (Lipinski definition) is 1. The van der Waals surface area contributed by atoms with Crippen molar-refractivity contribution in [3.8, 4) is 6.07 Å². The molecule has 2 aromatic carbocycles. The number of nitriles is 1. The van der Waals surface area contributed by atoms with Gasteiger partial charge in [-0.3, -0.25) is 14.6 Å². The lowest BCUT2D eigenvalue weighted by Crippen LogP contribution is -2.37. The van der Waals surface area contributed by atoms with Gasteiger partial charge < -0.3 is 5.32 Å². The Morgan fingerprint density at radius 1 is 1.19 bits per heavy atom. The van der Waals surface area contributed by atoms with Crippen LogP contribution in [0.3, 0.4) is 0 Å². The number of aliphatic imine (C=N–C) groups is 1. The molecule has 1 amide bonds. The minimum absolute atomic E-state index is 0.0601. The summed E-state index contributed by atoms with van der Waals surface area (Å²) in [6.45, 7) is 1.69. The van der Waals surface area contributed by atoms with Crippen molar-refractivity contribution >= 4 is 43.2 Å². The highest BCUT2D eigenvalue weighted by molar-refractivity contribution is 9.10. The quantitative estimate of drug-likeness (QED) is 0.470. The molecule has 9 heteroatoms. The Morgan fingerprint density at radius 3 is 2.38 bits per heavy atom. The average molecular weight is 514 g/mol. The summed E-state index contributed by atoms with van der Waals surface area (Å²) in [5, 5.41) is 11.9. The van der Waals surface area contributed by atoms with E-state index in [2.05, 4.69) is 32.3 Å². The number of benzene rings is 2. The molecule has 0 saturated carbocycles. The van der Waals surface area contributed by atoms with Crippen LogP contribution in [0.25, 0.3) is 0 Å². The average Bonchev–Trinajstić information content (AvgIpc) is 2.77. The van der Waals surface area contributed by atoms with Gasteiger partial charge in [-0.2, -0.15) is 5.26 Å². The third kappa shape index (κ3) is 5.39. The second-order valence-electron chi connectivity index (χ2n) is 7.42. The number of nitrogens with one attached hydrogen (secondary N) is 1. The normalized spacial score (nSPS) is 17.1. The predicted molar refractivity (Wildman–Crippen MR) is 124 cm³/mol. The highest BCUT2D eigenvalue weighted by atomic mass is 79.9. The van der Waals surface area contributed by atoms with E-state index in [1.54, 1.807) is 43.3 Å². The van der Waals surface area contributed by atoms with Gasteiger partial charge in [-0.05, 0) is 48.7 Å². The fourth-order valence-electron chi connectivity index (χ4n) is 3.18. The first kappa shape index (κ1) is 23.6. The highest BCUT2D eigenvalue weighted by Gasteiger charge is 2.30. The first-order valence-electron chi connectivity index (χ1n) is 9.63. The number of carbonyl (C=O) groups excluding carboxylic acids is 2. The van der Waals surface area contributed by atoms with E-state index in [9.17, 15) is 18.0 Å². The summed E-state index contributed by atoms with van der Waals surface area (Å²) in [5.74, 6) is -0.943. The summed E-state index contributed by atoms with van der Waals surface area (Å²) < 4.78 is 23.6. The molecule has 0 bridgehead atoms. The summed E-state index contributed by atoms with van der Waals surface area (Å²) in [4.78, 5) is 29.1. The lowest BCUT2D eigenvalue weighted by molar-refractivity contribution is -0.122. The van der Waals surface area contributed by atoms with Gasteiger partial charge in [0.15, 0.2) is 15.6 Å². The van der Waals surface area contributed by atoms with Crippen molar-refractivity contribution in [1.82, 2.24) is 5.32 Å². The summed E-state index contributed by atoms with van der Waals surface area (Å²) in [6.07, 6.45) is 2.76. The molecular formula is C23H20BrN3O4S. The lowest BCUT2D eigenvalue weighted by Gasteiger charge is -2.22. The summed E-state index contributed by atoms with van der Waals surface area (Å²) in [5.41, 5.74) is 2.56.